The van der Waals surface area contributed by atoms with Crippen molar-refractivity contribution in [3.63, 3.8) is 0 Å². The number of thiazole rings is 1. The molecule has 0 spiro atoms. The zero-order valence-corrected chi connectivity index (χ0v) is 27.1. The number of esters is 1. The number of aromatic nitrogens is 4. The number of ether oxygens (including phenoxy) is 1. The minimum absolute atomic E-state index is 0.00935. The zero-order valence-electron chi connectivity index (χ0n) is 26.2. The molecule has 1 unspecified atom stereocenters. The van der Waals surface area contributed by atoms with Gasteiger partial charge in [-0.15, -0.1) is 11.3 Å². The maximum atomic E-state index is 14.5. The van der Waals surface area contributed by atoms with Crippen LogP contribution in [0.4, 0.5) is 8.78 Å². The van der Waals surface area contributed by atoms with Crippen molar-refractivity contribution in [2.24, 2.45) is 22.4 Å². The molecule has 3 heterocycles. The van der Waals surface area contributed by atoms with Gasteiger partial charge in [-0.25, -0.2) is 19.0 Å². The van der Waals surface area contributed by atoms with Crippen molar-refractivity contribution in [2.45, 2.75) is 77.6 Å². The van der Waals surface area contributed by atoms with Crippen LogP contribution in [-0.4, -0.2) is 62.4 Å². The number of carbonyl (C=O) groups is 3. The van der Waals surface area contributed by atoms with Crippen LogP contribution in [0.5, 0.6) is 0 Å². The van der Waals surface area contributed by atoms with Gasteiger partial charge in [-0.3, -0.25) is 19.4 Å². The standard InChI is InChI=1S/C31H39F2N9O4S/c1-18(2)26(34)30(45)36-12-6-9-25(43)46-17-42-15-19(13-38-42)31-40-23(16-47-31)29(44)39-22(14-37-20-7-4-3-5-8-20)27(35)28-21(32)10-11-24(33)41-28/h10-11,13-16,18,20,26H,3-9,12,17,34-35H2,1-2H3,(H,36,45)(H,39,44)/b27-22+,37-14?. The number of nitrogens with zero attached hydrogens (tertiary/aromatic N) is 5. The summed E-state index contributed by atoms with van der Waals surface area (Å²) in [6.07, 6.45) is 9.92. The number of nitrogens with one attached hydrogen (secondary N) is 2. The molecule has 252 valence electrons. The summed E-state index contributed by atoms with van der Waals surface area (Å²) in [4.78, 5) is 49.7. The first kappa shape index (κ1) is 35.3. The first-order valence-corrected chi connectivity index (χ1v) is 16.2. The number of halogens is 2. The van der Waals surface area contributed by atoms with Crippen LogP contribution in [0.15, 0.2) is 40.6 Å². The Bertz CT molecular complexity index is 1620. The molecule has 1 fully saturated rings. The Morgan fingerprint density at radius 2 is 1.96 bits per heavy atom. The molecule has 0 aliphatic heterocycles. The van der Waals surface area contributed by atoms with E-state index in [1.165, 1.54) is 33.8 Å². The van der Waals surface area contributed by atoms with Crippen LogP contribution in [0.2, 0.25) is 0 Å². The lowest BCUT2D eigenvalue weighted by Crippen LogP contribution is -2.44. The lowest BCUT2D eigenvalue weighted by atomic mass is 9.96. The molecule has 47 heavy (non-hydrogen) atoms. The molecule has 1 atom stereocenters. The van der Waals surface area contributed by atoms with Gasteiger partial charge in [0.2, 0.25) is 11.9 Å². The third kappa shape index (κ3) is 10.2. The average molecular weight is 672 g/mol. The van der Waals surface area contributed by atoms with E-state index >= 15 is 0 Å². The van der Waals surface area contributed by atoms with Crippen molar-refractivity contribution >= 4 is 41.0 Å². The Kier molecular flexibility index (Phi) is 12.6. The van der Waals surface area contributed by atoms with Gasteiger partial charge in [-0.2, -0.15) is 9.49 Å². The number of pyridine rings is 1. The van der Waals surface area contributed by atoms with Gasteiger partial charge >= 0.3 is 5.97 Å². The number of aliphatic imine (C=N–C) groups is 1. The summed E-state index contributed by atoms with van der Waals surface area (Å²) < 4.78 is 35.0. The predicted molar refractivity (Wildman–Crippen MR) is 173 cm³/mol. The lowest BCUT2D eigenvalue weighted by molar-refractivity contribution is -0.148. The first-order chi connectivity index (χ1) is 22.5. The highest BCUT2D eigenvalue weighted by Crippen LogP contribution is 2.24. The van der Waals surface area contributed by atoms with Crippen molar-refractivity contribution in [2.75, 3.05) is 6.54 Å². The van der Waals surface area contributed by atoms with E-state index in [-0.39, 0.29) is 48.1 Å². The summed E-state index contributed by atoms with van der Waals surface area (Å²) in [7, 11) is 0. The van der Waals surface area contributed by atoms with Gasteiger partial charge in [0.1, 0.15) is 16.4 Å². The quantitative estimate of drug-likeness (QED) is 0.0859. The van der Waals surface area contributed by atoms with E-state index in [9.17, 15) is 23.2 Å². The highest BCUT2D eigenvalue weighted by atomic mass is 32.1. The van der Waals surface area contributed by atoms with Crippen molar-refractivity contribution < 1.29 is 27.9 Å². The predicted octanol–water partition coefficient (Wildman–Crippen LogP) is 3.52. The van der Waals surface area contributed by atoms with Crippen LogP contribution in [0.25, 0.3) is 16.3 Å². The fourth-order valence-electron chi connectivity index (χ4n) is 4.63. The molecule has 6 N–H and O–H groups in total. The molecule has 0 saturated heterocycles. The number of carbonyl (C=O) groups excluding carboxylic acids is 3. The highest BCUT2D eigenvalue weighted by Gasteiger charge is 2.20. The van der Waals surface area contributed by atoms with Gasteiger partial charge in [0.05, 0.1) is 29.7 Å². The number of hydrogen-bond donors (Lipinski definition) is 4. The molecule has 3 aromatic rings. The normalized spacial score (nSPS) is 15.0. The molecule has 0 radical (unpaired) electrons. The van der Waals surface area contributed by atoms with E-state index in [1.54, 1.807) is 6.20 Å². The summed E-state index contributed by atoms with van der Waals surface area (Å²) in [5, 5.41) is 11.5. The number of amides is 2. The summed E-state index contributed by atoms with van der Waals surface area (Å²) in [5.41, 5.74) is 11.9. The fraction of sp³-hybridized carbons (Fsp3) is 0.452. The summed E-state index contributed by atoms with van der Waals surface area (Å²) in [5.74, 6) is -3.12. The van der Waals surface area contributed by atoms with Gasteiger partial charge in [-0.1, -0.05) is 33.1 Å². The monoisotopic (exact) mass is 671 g/mol. The van der Waals surface area contributed by atoms with Crippen molar-refractivity contribution in [1.82, 2.24) is 30.4 Å². The summed E-state index contributed by atoms with van der Waals surface area (Å²) in [6.45, 7) is 3.87. The van der Waals surface area contributed by atoms with Crippen LogP contribution in [0.1, 0.15) is 75.0 Å². The van der Waals surface area contributed by atoms with Crippen LogP contribution in [0.3, 0.4) is 0 Å². The van der Waals surface area contributed by atoms with Crippen molar-refractivity contribution in [3.8, 4) is 10.6 Å². The van der Waals surface area contributed by atoms with Crippen molar-refractivity contribution in [1.29, 1.82) is 0 Å². The Labute approximate surface area is 274 Å². The highest BCUT2D eigenvalue weighted by molar-refractivity contribution is 7.13. The largest absolute Gasteiger partial charge is 0.442 e. The maximum absolute atomic E-state index is 14.5. The van der Waals surface area contributed by atoms with E-state index < -0.39 is 35.4 Å². The molecule has 0 bridgehead atoms. The van der Waals surface area contributed by atoms with E-state index in [0.717, 1.165) is 44.2 Å². The van der Waals surface area contributed by atoms with Gasteiger partial charge in [0, 0.05) is 36.3 Å². The molecule has 4 rings (SSSR count). The lowest BCUT2D eigenvalue weighted by Gasteiger charge is -2.18. The van der Waals surface area contributed by atoms with E-state index in [0.29, 0.717) is 23.5 Å². The second-order valence-electron chi connectivity index (χ2n) is 11.4. The molecule has 0 aromatic carbocycles. The summed E-state index contributed by atoms with van der Waals surface area (Å²) in [6, 6.07) is 1.20. The Morgan fingerprint density at radius 3 is 2.70 bits per heavy atom. The molecular formula is C31H39F2N9O4S. The van der Waals surface area contributed by atoms with Crippen LogP contribution >= 0.6 is 11.3 Å². The number of hydrogen-bond acceptors (Lipinski definition) is 11. The maximum Gasteiger partial charge on any atom is 0.307 e. The van der Waals surface area contributed by atoms with E-state index in [2.05, 4.69) is 30.7 Å². The smallest absolute Gasteiger partial charge is 0.307 e. The second kappa shape index (κ2) is 16.8. The van der Waals surface area contributed by atoms with Crippen LogP contribution in [0, 0.1) is 17.7 Å². The average Bonchev–Trinajstić information content (AvgIpc) is 3.75. The zero-order chi connectivity index (χ0) is 33.9. The minimum atomic E-state index is -0.924. The number of allylic oxidation sites excluding steroid dienone is 1. The van der Waals surface area contributed by atoms with Gasteiger partial charge in [0.25, 0.3) is 5.91 Å². The summed E-state index contributed by atoms with van der Waals surface area (Å²) >= 11 is 1.18. The van der Waals surface area contributed by atoms with Gasteiger partial charge < -0.3 is 26.8 Å². The molecule has 3 aromatic heterocycles. The number of rotatable bonds is 14. The van der Waals surface area contributed by atoms with Gasteiger partial charge in [-0.05, 0) is 37.3 Å². The first-order valence-electron chi connectivity index (χ1n) is 15.4. The molecule has 13 nitrogen and oxygen atoms in total. The van der Waals surface area contributed by atoms with Crippen LogP contribution < -0.4 is 22.1 Å². The molecular weight excluding hydrogens is 632 g/mol. The SMILES string of the molecule is CC(C)C(N)C(=O)NCCCC(=O)OCn1cc(-c2nc(C(=O)N/C(C=NC3CCCCC3)=C(/N)c3nc(F)ccc3F)cs2)cn1. The Morgan fingerprint density at radius 1 is 1.19 bits per heavy atom. The van der Waals surface area contributed by atoms with Gasteiger partial charge in [0.15, 0.2) is 12.5 Å². The molecule has 1 aliphatic carbocycles. The third-order valence-electron chi connectivity index (χ3n) is 7.45. The number of nitrogens with two attached hydrogens (primary N) is 2. The van der Waals surface area contributed by atoms with Crippen molar-refractivity contribution in [3.05, 3.63) is 58.8 Å². The molecule has 16 heteroatoms. The minimum Gasteiger partial charge on any atom is -0.442 e. The van der Waals surface area contributed by atoms with E-state index in [1.807, 2.05) is 13.8 Å². The molecule has 1 saturated carbocycles. The van der Waals surface area contributed by atoms with E-state index in [4.69, 9.17) is 16.2 Å². The molecule has 2 amide bonds. The Balaban J connectivity index is 1.36. The second-order valence-corrected chi connectivity index (χ2v) is 12.3. The fourth-order valence-corrected chi connectivity index (χ4v) is 5.41. The third-order valence-corrected chi connectivity index (χ3v) is 8.34. The Hall–Kier alpha value is -4.57. The topological polar surface area (TPSA) is 192 Å². The molecule has 1 aliphatic rings. The van der Waals surface area contributed by atoms with Crippen LogP contribution in [-0.2, 0) is 21.1 Å².